The summed E-state index contributed by atoms with van der Waals surface area (Å²) in [5.41, 5.74) is 4.76. The molecule has 0 saturated heterocycles. The van der Waals surface area contributed by atoms with Gasteiger partial charge in [-0.15, -0.1) is 0 Å². The van der Waals surface area contributed by atoms with Gasteiger partial charge in [-0.1, -0.05) is 146 Å². The van der Waals surface area contributed by atoms with Crippen molar-refractivity contribution in [1.82, 2.24) is 0 Å². The summed E-state index contributed by atoms with van der Waals surface area (Å²) in [7, 11) is -4.79. The minimum Gasteiger partial charge on any atom is -0.394 e. The molecule has 0 aromatic heterocycles. The minimum atomic E-state index is -4.79. The third kappa shape index (κ3) is 4.96. The molecule has 1 aliphatic heterocycles. The molecule has 0 saturated carbocycles. The number of benzene rings is 10. The van der Waals surface area contributed by atoms with Gasteiger partial charge < -0.3 is 9.05 Å². The van der Waals surface area contributed by atoms with Crippen LogP contribution in [-0.2, 0) is 26.9 Å². The Morgan fingerprint density at radius 1 is 0.352 bits per heavy atom. The predicted molar refractivity (Wildman–Crippen MR) is 219 cm³/mol. The van der Waals surface area contributed by atoms with E-state index in [-0.39, 0.29) is 22.4 Å². The monoisotopic (exact) mass is 807 g/mol. The molecule has 0 bridgehead atoms. The van der Waals surface area contributed by atoms with Crippen LogP contribution < -0.4 is 9.05 Å². The van der Waals surface area contributed by atoms with E-state index in [1.54, 1.807) is 0 Å². The first-order chi connectivity index (χ1) is 26.0. The van der Waals surface area contributed by atoms with Gasteiger partial charge in [0.15, 0.2) is 0 Å². The number of phosphoric ester groups is 1. The van der Waals surface area contributed by atoms with E-state index in [9.17, 15) is 9.46 Å². The molecule has 10 aromatic carbocycles. The molecule has 4 nitrogen and oxygen atoms in total. The number of hydrogen-bond acceptors (Lipinski definition) is 3. The summed E-state index contributed by atoms with van der Waals surface area (Å²) in [4.78, 5) is 11.9. The van der Waals surface area contributed by atoms with Crippen LogP contribution in [-0.4, -0.2) is 4.89 Å². The predicted octanol–water partition coefficient (Wildman–Crippen LogP) is 13.5. The summed E-state index contributed by atoms with van der Waals surface area (Å²) in [6.45, 7) is 0. The maximum atomic E-state index is 14.6. The second-order valence-corrected chi connectivity index (χ2v) is 15.0. The van der Waals surface area contributed by atoms with Gasteiger partial charge >= 0.3 is 7.82 Å². The normalized spacial score (nSPS) is 13.3. The Labute approximate surface area is 326 Å². The largest absolute Gasteiger partial charge is 0.584 e. The third-order valence-electron chi connectivity index (χ3n) is 10.7. The molecule has 0 unspecified atom stereocenters. The van der Waals surface area contributed by atoms with Gasteiger partial charge in [-0.2, -0.15) is 0 Å². The van der Waals surface area contributed by atoms with Crippen LogP contribution in [0, 0.1) is 0 Å². The van der Waals surface area contributed by atoms with Gasteiger partial charge in [0, 0.05) is 55.8 Å². The molecule has 1 N–H and O–H groups in total. The van der Waals surface area contributed by atoms with Gasteiger partial charge in [-0.3, -0.25) is 4.89 Å². The van der Waals surface area contributed by atoms with Crippen LogP contribution >= 0.6 is 7.82 Å². The van der Waals surface area contributed by atoms with E-state index in [0.717, 1.165) is 98.0 Å². The molecule has 1 heterocycles. The van der Waals surface area contributed by atoms with Gasteiger partial charge in [0.25, 0.3) is 0 Å². The zero-order valence-corrected chi connectivity index (χ0v) is 31.0. The summed E-state index contributed by atoms with van der Waals surface area (Å²) >= 11 is 0. The second-order valence-electron chi connectivity index (χ2n) is 13.7. The van der Waals surface area contributed by atoms with Gasteiger partial charge in [0.1, 0.15) is 11.5 Å². The Bertz CT molecular complexity index is 2920. The standard InChI is InChI=1S/C48H29O4P.Ag/c49-53(50)51-47-41(43-35-19-7-1-13-29(35)25-30-14-2-8-20-36(30)43)27-33-17-5-11-23-39(33)45(47)46-40-24-12-6-18-34(40)28-42(48(46)52-53)44-37-21-9-3-15-31(37)26-32-16-4-10-22-38(32)44;/h1-28H,(H,49,50);. The fourth-order valence-corrected chi connectivity index (χ4v) is 9.45. The van der Waals surface area contributed by atoms with E-state index < -0.39 is 7.82 Å². The molecule has 0 amide bonds. The first kappa shape index (κ1) is 32.9. The third-order valence-corrected chi connectivity index (χ3v) is 11.6. The first-order valence-electron chi connectivity index (χ1n) is 17.7. The molecule has 0 atom stereocenters. The summed E-state index contributed by atoms with van der Waals surface area (Å²) in [5, 5.41) is 12.1. The maximum absolute atomic E-state index is 14.6. The molecule has 1 aliphatic rings. The minimum absolute atomic E-state index is 0. The summed E-state index contributed by atoms with van der Waals surface area (Å²) < 4.78 is 27.4. The smallest absolute Gasteiger partial charge is 0.394 e. The van der Waals surface area contributed by atoms with Crippen molar-refractivity contribution < 1.29 is 40.9 Å². The van der Waals surface area contributed by atoms with Crippen molar-refractivity contribution in [1.29, 1.82) is 0 Å². The summed E-state index contributed by atoms with van der Waals surface area (Å²) in [6, 6.07) is 58.1. The Kier molecular flexibility index (Phi) is 7.57. The number of phosphoric acid groups is 1. The molecule has 1 radical (unpaired) electrons. The van der Waals surface area contributed by atoms with E-state index in [2.05, 4.69) is 97.1 Å². The molecule has 0 aliphatic carbocycles. The van der Waals surface area contributed by atoms with E-state index in [1.165, 1.54) is 0 Å². The number of hydrogen-bond donors (Lipinski definition) is 1. The van der Waals surface area contributed by atoms with E-state index in [0.29, 0.717) is 11.5 Å². The molecular formula is C48H29AgO4P. The fraction of sp³-hybridized carbons (Fsp3) is 0. The van der Waals surface area contributed by atoms with E-state index >= 15 is 0 Å². The molecule has 6 heteroatoms. The van der Waals surface area contributed by atoms with Crippen LogP contribution in [0.25, 0.3) is 98.0 Å². The topological polar surface area (TPSA) is 55.8 Å². The van der Waals surface area contributed by atoms with Crippen molar-refractivity contribution in [3.05, 3.63) is 170 Å². The van der Waals surface area contributed by atoms with Gasteiger partial charge in [0.2, 0.25) is 0 Å². The van der Waals surface area contributed by atoms with Crippen LogP contribution in [0.4, 0.5) is 0 Å². The van der Waals surface area contributed by atoms with Gasteiger partial charge in [0.05, 0.1) is 0 Å². The van der Waals surface area contributed by atoms with Crippen LogP contribution in [0.3, 0.4) is 0 Å². The van der Waals surface area contributed by atoms with E-state index in [1.807, 2.05) is 72.8 Å². The van der Waals surface area contributed by atoms with Crippen molar-refractivity contribution in [2.24, 2.45) is 0 Å². The molecule has 10 aromatic rings. The summed E-state index contributed by atoms with van der Waals surface area (Å²) in [6.07, 6.45) is 0. The van der Waals surface area contributed by atoms with Crippen LogP contribution in [0.15, 0.2) is 170 Å². The molecule has 0 fully saturated rings. The number of fused-ring (bicyclic) bond motifs is 11. The van der Waals surface area contributed by atoms with Crippen molar-refractivity contribution in [3.63, 3.8) is 0 Å². The zero-order chi connectivity index (χ0) is 35.3. The van der Waals surface area contributed by atoms with Crippen LogP contribution in [0.5, 0.6) is 11.5 Å². The Balaban J connectivity index is 0.00000361. The molecule has 54 heavy (non-hydrogen) atoms. The molecule has 261 valence electrons. The van der Waals surface area contributed by atoms with E-state index in [4.69, 9.17) is 9.05 Å². The van der Waals surface area contributed by atoms with Gasteiger partial charge in [-0.05, 0) is 88.9 Å². The molecular weight excluding hydrogens is 779 g/mol. The van der Waals surface area contributed by atoms with Crippen molar-refractivity contribution >= 4 is 72.5 Å². The van der Waals surface area contributed by atoms with Crippen LogP contribution in [0.1, 0.15) is 0 Å². The maximum Gasteiger partial charge on any atom is 0.584 e. The Morgan fingerprint density at radius 3 is 0.889 bits per heavy atom. The van der Waals surface area contributed by atoms with Crippen molar-refractivity contribution in [2.45, 2.75) is 0 Å². The molecule has 11 rings (SSSR count). The number of rotatable bonds is 2. The fourth-order valence-electron chi connectivity index (χ4n) is 8.57. The average molecular weight is 809 g/mol. The summed E-state index contributed by atoms with van der Waals surface area (Å²) in [5.74, 6) is 0.639. The zero-order valence-electron chi connectivity index (χ0n) is 28.6. The quantitative estimate of drug-likeness (QED) is 0.107. The Hall–Kier alpha value is -5.71. The Morgan fingerprint density at radius 2 is 0.593 bits per heavy atom. The molecule has 0 spiro atoms. The second kappa shape index (κ2) is 12.4. The SMILES string of the molecule is O=P1(O)Oc2c(-c3c4ccccc4cc4ccccc34)cc3ccccc3c2-c2c(c(-c3c4ccccc4cc4ccccc34)cc3ccccc23)O1.[Ag]. The van der Waals surface area contributed by atoms with Crippen LogP contribution in [0.2, 0.25) is 0 Å². The first-order valence-corrected chi connectivity index (χ1v) is 19.2. The average Bonchev–Trinajstić information content (AvgIpc) is 3.32. The van der Waals surface area contributed by atoms with Crippen molar-refractivity contribution in [3.8, 4) is 44.9 Å². The van der Waals surface area contributed by atoms with Crippen molar-refractivity contribution in [2.75, 3.05) is 0 Å². The van der Waals surface area contributed by atoms with Gasteiger partial charge in [-0.25, -0.2) is 4.57 Å².